The second kappa shape index (κ2) is 6.06. The molecule has 2 aromatic carbocycles. The zero-order valence-corrected chi connectivity index (χ0v) is 15.4. The molecule has 0 bridgehead atoms. The highest BCUT2D eigenvalue weighted by Crippen LogP contribution is 2.44. The molecule has 2 atom stereocenters. The predicted molar refractivity (Wildman–Crippen MR) is 98.7 cm³/mol. The van der Waals surface area contributed by atoms with E-state index in [9.17, 15) is 8.42 Å². The Morgan fingerprint density at radius 1 is 0.960 bits per heavy atom. The summed E-state index contributed by atoms with van der Waals surface area (Å²) in [6.45, 7) is 3.94. The van der Waals surface area contributed by atoms with Gasteiger partial charge in [0.1, 0.15) is 11.9 Å². The van der Waals surface area contributed by atoms with Gasteiger partial charge in [0.25, 0.3) is 10.0 Å². The molecule has 5 heteroatoms. The number of nitrogens with zero attached hydrogens (tertiary/aromatic N) is 1. The second-order valence-electron chi connectivity index (χ2n) is 7.09. The highest BCUT2D eigenvalue weighted by molar-refractivity contribution is 7.92. The van der Waals surface area contributed by atoms with E-state index in [0.717, 1.165) is 36.8 Å². The maximum Gasteiger partial charge on any atom is 0.264 e. The van der Waals surface area contributed by atoms with Gasteiger partial charge in [-0.1, -0.05) is 30.2 Å². The lowest BCUT2D eigenvalue weighted by molar-refractivity contribution is 0.122. The fraction of sp³-hybridized carbons (Fsp3) is 0.400. The van der Waals surface area contributed by atoms with Crippen molar-refractivity contribution in [2.24, 2.45) is 0 Å². The molecule has 25 heavy (non-hydrogen) atoms. The van der Waals surface area contributed by atoms with Gasteiger partial charge in [-0.05, 0) is 62.9 Å². The molecule has 1 heterocycles. The summed E-state index contributed by atoms with van der Waals surface area (Å²) in [7, 11) is -3.63. The summed E-state index contributed by atoms with van der Waals surface area (Å²) in [5.74, 6) is 0.671. The van der Waals surface area contributed by atoms with Crippen molar-refractivity contribution < 1.29 is 13.2 Å². The summed E-state index contributed by atoms with van der Waals surface area (Å²) >= 11 is 0. The molecule has 0 radical (unpaired) electrons. The standard InChI is InChI=1S/C20H23NO3S/c1-14-7-10-16(11-8-14)25(22,23)21-17-5-3-4-6-19(17)24-20-12-9-15(2)13-18(20)21/h7-13,17,19H,3-6H2,1-2H3/t17-,19-/m1/s1. The van der Waals surface area contributed by atoms with Crippen LogP contribution < -0.4 is 9.04 Å². The van der Waals surface area contributed by atoms with Crippen LogP contribution in [0.1, 0.15) is 36.8 Å². The minimum atomic E-state index is -3.63. The fourth-order valence-corrected chi connectivity index (χ4v) is 5.56. The van der Waals surface area contributed by atoms with Crippen molar-refractivity contribution in [2.45, 2.75) is 56.6 Å². The van der Waals surface area contributed by atoms with Gasteiger partial charge in [0.05, 0.1) is 16.6 Å². The fourth-order valence-electron chi connectivity index (χ4n) is 3.86. The van der Waals surface area contributed by atoms with Gasteiger partial charge in [-0.3, -0.25) is 4.31 Å². The van der Waals surface area contributed by atoms with Crippen LogP contribution in [0.15, 0.2) is 47.4 Å². The zero-order chi connectivity index (χ0) is 17.6. The minimum Gasteiger partial charge on any atom is -0.486 e. The summed E-state index contributed by atoms with van der Waals surface area (Å²) < 4.78 is 34.8. The summed E-state index contributed by atoms with van der Waals surface area (Å²) in [5, 5.41) is 0. The summed E-state index contributed by atoms with van der Waals surface area (Å²) in [6, 6.07) is 12.8. The van der Waals surface area contributed by atoms with Gasteiger partial charge in [0.15, 0.2) is 0 Å². The van der Waals surface area contributed by atoms with Gasteiger partial charge < -0.3 is 4.74 Å². The Hall–Kier alpha value is -2.01. The maximum absolute atomic E-state index is 13.5. The average molecular weight is 357 g/mol. The van der Waals surface area contributed by atoms with Gasteiger partial charge >= 0.3 is 0 Å². The maximum atomic E-state index is 13.5. The van der Waals surface area contributed by atoms with Gasteiger partial charge in [-0.25, -0.2) is 8.42 Å². The Kier molecular flexibility index (Phi) is 3.99. The van der Waals surface area contributed by atoms with E-state index in [1.807, 2.05) is 44.2 Å². The molecule has 1 aliphatic carbocycles. The van der Waals surface area contributed by atoms with E-state index < -0.39 is 10.0 Å². The van der Waals surface area contributed by atoms with Crippen LogP contribution in [0, 0.1) is 13.8 Å². The normalized spacial score (nSPS) is 22.7. The molecule has 2 aliphatic rings. The van der Waals surface area contributed by atoms with E-state index in [1.165, 1.54) is 0 Å². The first-order valence-corrected chi connectivity index (χ1v) is 10.3. The van der Waals surface area contributed by atoms with Crippen LogP contribution in [0.5, 0.6) is 5.75 Å². The summed E-state index contributed by atoms with van der Waals surface area (Å²) in [4.78, 5) is 0.344. The molecule has 4 rings (SSSR count). The molecule has 0 spiro atoms. The molecule has 1 saturated carbocycles. The largest absolute Gasteiger partial charge is 0.486 e. The first kappa shape index (κ1) is 16.5. The minimum absolute atomic E-state index is 0.0656. The third-order valence-electron chi connectivity index (χ3n) is 5.18. The van der Waals surface area contributed by atoms with E-state index in [1.54, 1.807) is 16.4 Å². The van der Waals surface area contributed by atoms with Gasteiger partial charge in [0, 0.05) is 0 Å². The van der Waals surface area contributed by atoms with Crippen molar-refractivity contribution in [3.05, 3.63) is 53.6 Å². The Morgan fingerprint density at radius 2 is 1.64 bits per heavy atom. The van der Waals surface area contributed by atoms with Crippen LogP contribution in [-0.2, 0) is 10.0 Å². The van der Waals surface area contributed by atoms with Crippen LogP contribution >= 0.6 is 0 Å². The molecule has 1 fully saturated rings. The van der Waals surface area contributed by atoms with Crippen molar-refractivity contribution in [3.63, 3.8) is 0 Å². The molecular weight excluding hydrogens is 334 g/mol. The van der Waals surface area contributed by atoms with E-state index in [-0.39, 0.29) is 12.1 Å². The zero-order valence-electron chi connectivity index (χ0n) is 14.6. The molecule has 132 valence electrons. The van der Waals surface area contributed by atoms with Crippen LogP contribution in [0.25, 0.3) is 0 Å². The van der Waals surface area contributed by atoms with Crippen LogP contribution in [0.4, 0.5) is 5.69 Å². The number of sulfonamides is 1. The molecule has 0 saturated heterocycles. The molecule has 0 amide bonds. The number of hydrogen-bond acceptors (Lipinski definition) is 3. The monoisotopic (exact) mass is 357 g/mol. The first-order valence-electron chi connectivity index (χ1n) is 8.85. The topological polar surface area (TPSA) is 46.6 Å². The van der Waals surface area contributed by atoms with Crippen molar-refractivity contribution in [2.75, 3.05) is 4.31 Å². The smallest absolute Gasteiger partial charge is 0.264 e. The predicted octanol–water partition coefficient (Wildman–Crippen LogP) is 4.20. The average Bonchev–Trinajstić information content (AvgIpc) is 2.60. The van der Waals surface area contributed by atoms with Crippen LogP contribution in [-0.4, -0.2) is 20.6 Å². The van der Waals surface area contributed by atoms with Crippen molar-refractivity contribution in [1.29, 1.82) is 0 Å². The highest BCUT2D eigenvalue weighted by atomic mass is 32.2. The number of rotatable bonds is 2. The number of anilines is 1. The van der Waals surface area contributed by atoms with Crippen LogP contribution in [0.2, 0.25) is 0 Å². The Balaban J connectivity index is 1.87. The number of aryl methyl sites for hydroxylation is 2. The Bertz CT molecular complexity index is 890. The number of fused-ring (bicyclic) bond motifs is 2. The quantitative estimate of drug-likeness (QED) is 0.809. The number of benzene rings is 2. The Morgan fingerprint density at radius 3 is 2.40 bits per heavy atom. The van der Waals surface area contributed by atoms with Crippen molar-refractivity contribution >= 4 is 15.7 Å². The van der Waals surface area contributed by atoms with E-state index in [4.69, 9.17) is 4.74 Å². The lowest BCUT2D eigenvalue weighted by Gasteiger charge is -2.44. The van der Waals surface area contributed by atoms with Gasteiger partial charge in [-0.2, -0.15) is 0 Å². The van der Waals surface area contributed by atoms with E-state index in [0.29, 0.717) is 16.3 Å². The van der Waals surface area contributed by atoms with E-state index >= 15 is 0 Å². The molecule has 0 aromatic heterocycles. The van der Waals surface area contributed by atoms with Gasteiger partial charge in [-0.15, -0.1) is 0 Å². The molecular formula is C20H23NO3S. The lowest BCUT2D eigenvalue weighted by Crippen LogP contribution is -2.53. The molecule has 0 unspecified atom stereocenters. The van der Waals surface area contributed by atoms with Crippen LogP contribution in [0.3, 0.4) is 0 Å². The Labute approximate surface area is 149 Å². The highest BCUT2D eigenvalue weighted by Gasteiger charge is 2.43. The third-order valence-corrected chi connectivity index (χ3v) is 7.03. The lowest BCUT2D eigenvalue weighted by atomic mass is 9.91. The number of hydrogen-bond donors (Lipinski definition) is 0. The van der Waals surface area contributed by atoms with Gasteiger partial charge in [0.2, 0.25) is 0 Å². The first-order chi connectivity index (χ1) is 12.0. The number of ether oxygens (including phenoxy) is 1. The third kappa shape index (κ3) is 2.80. The summed E-state index contributed by atoms with van der Waals surface area (Å²) in [5.41, 5.74) is 2.75. The summed E-state index contributed by atoms with van der Waals surface area (Å²) in [6.07, 6.45) is 3.79. The molecule has 2 aromatic rings. The van der Waals surface area contributed by atoms with Crippen molar-refractivity contribution in [1.82, 2.24) is 0 Å². The molecule has 4 nitrogen and oxygen atoms in total. The second-order valence-corrected chi connectivity index (χ2v) is 8.91. The SMILES string of the molecule is Cc1ccc(S(=O)(=O)N2c3cc(C)ccc3O[C@@H]3CCCC[C@H]32)cc1. The van der Waals surface area contributed by atoms with Crippen molar-refractivity contribution in [3.8, 4) is 5.75 Å². The van der Waals surface area contributed by atoms with E-state index in [2.05, 4.69) is 0 Å². The molecule has 0 N–H and O–H groups in total. The molecule has 1 aliphatic heterocycles.